The Kier molecular flexibility index (Phi) is 6.17. The van der Waals surface area contributed by atoms with Crippen molar-refractivity contribution in [3.63, 3.8) is 0 Å². The average Bonchev–Trinajstić information content (AvgIpc) is 2.80. The van der Waals surface area contributed by atoms with Gasteiger partial charge in [-0.1, -0.05) is 35.0 Å². The van der Waals surface area contributed by atoms with Crippen LogP contribution in [0, 0.1) is 6.92 Å². The smallest absolute Gasteiger partial charge is 0.316 e. The lowest BCUT2D eigenvalue weighted by molar-refractivity contribution is 0.202. The van der Waals surface area contributed by atoms with Crippen molar-refractivity contribution in [3.8, 4) is 23.0 Å². The molecule has 0 saturated heterocycles. The Labute approximate surface area is 202 Å². The van der Waals surface area contributed by atoms with Crippen molar-refractivity contribution in [1.82, 2.24) is 24.7 Å². The van der Waals surface area contributed by atoms with Gasteiger partial charge >= 0.3 is 6.01 Å². The van der Waals surface area contributed by atoms with Gasteiger partial charge in [0, 0.05) is 23.4 Å². The third-order valence-electron chi connectivity index (χ3n) is 3.74. The van der Waals surface area contributed by atoms with E-state index < -0.39 is 35.6 Å². The van der Waals surface area contributed by atoms with Crippen LogP contribution in [-0.4, -0.2) is 48.1 Å². The summed E-state index contributed by atoms with van der Waals surface area (Å²) in [6.07, 6.45) is -0.564. The van der Waals surface area contributed by atoms with E-state index >= 15 is 0 Å². The van der Waals surface area contributed by atoms with E-state index in [4.69, 9.17) is 16.3 Å². The summed E-state index contributed by atoms with van der Waals surface area (Å²) >= 11 is 3.32. The van der Waals surface area contributed by atoms with Crippen molar-refractivity contribution in [2.45, 2.75) is 20.3 Å². The second kappa shape index (κ2) is 11.2. The predicted molar refractivity (Wildman–Crippen MR) is 124 cm³/mol. The minimum absolute atomic E-state index is 0.0114. The van der Waals surface area contributed by atoms with Crippen molar-refractivity contribution in [3.05, 3.63) is 53.0 Å². The second-order valence-corrected chi connectivity index (χ2v) is 8.66. The molecule has 10 nitrogen and oxygen atoms in total. The van der Waals surface area contributed by atoms with Gasteiger partial charge in [0.05, 0.1) is 11.0 Å². The fourth-order valence-corrected chi connectivity index (χ4v) is 3.54. The van der Waals surface area contributed by atoms with Crippen LogP contribution in [0.2, 0.25) is 0 Å². The highest BCUT2D eigenvalue weighted by Gasteiger charge is 2.19. The largest absolute Gasteiger partial charge is 0.473 e. The minimum atomic E-state index is -4.08. The quantitative estimate of drug-likeness (QED) is 0.389. The molecule has 1 aromatic carbocycles. The zero-order chi connectivity index (χ0) is 27.4. The number of rotatable bonds is 11. The summed E-state index contributed by atoms with van der Waals surface area (Å²) in [4.78, 5) is 15.3. The first-order valence-electron chi connectivity index (χ1n) is 11.9. The number of nitrogens with one attached hydrogen (secondary N) is 2. The number of ether oxygens (including phenoxy) is 2. The van der Waals surface area contributed by atoms with Gasteiger partial charge in [-0.05, 0) is 36.6 Å². The Morgan fingerprint density at radius 3 is 2.53 bits per heavy atom. The summed E-state index contributed by atoms with van der Waals surface area (Å²) in [6, 6.07) is 6.17. The monoisotopic (exact) mass is 527 g/mol. The zero-order valence-corrected chi connectivity index (χ0v) is 19.5. The maximum absolute atomic E-state index is 12.5. The van der Waals surface area contributed by atoms with Crippen LogP contribution in [0.4, 0.5) is 5.82 Å². The Balaban J connectivity index is 1.98. The highest BCUT2D eigenvalue weighted by atomic mass is 79.9. The first-order valence-corrected chi connectivity index (χ1v) is 11.6. The lowest BCUT2D eigenvalue weighted by Crippen LogP contribution is -2.31. The topological polar surface area (TPSA) is 128 Å². The molecule has 0 aliphatic rings. The molecule has 0 aliphatic heterocycles. The zero-order valence-electron chi connectivity index (χ0n) is 22.1. The molecular formula is C20H23BrN6O4S. The van der Waals surface area contributed by atoms with Crippen LogP contribution in [0.25, 0.3) is 11.1 Å². The molecular weight excluding hydrogens is 500 g/mol. The molecule has 0 unspecified atom stereocenters. The van der Waals surface area contributed by atoms with E-state index in [9.17, 15) is 8.42 Å². The van der Waals surface area contributed by atoms with Gasteiger partial charge in [-0.15, -0.1) is 0 Å². The van der Waals surface area contributed by atoms with E-state index in [1.165, 1.54) is 6.92 Å². The van der Waals surface area contributed by atoms with Crippen LogP contribution in [0.3, 0.4) is 0 Å². The lowest BCUT2D eigenvalue weighted by atomic mass is 10.1. The van der Waals surface area contributed by atoms with E-state index in [1.807, 2.05) is 0 Å². The van der Waals surface area contributed by atoms with Crippen molar-refractivity contribution < 1.29 is 24.7 Å². The van der Waals surface area contributed by atoms with Crippen molar-refractivity contribution in [1.29, 1.82) is 0 Å². The molecule has 0 aliphatic carbocycles. The summed E-state index contributed by atoms with van der Waals surface area (Å²) in [5.74, 6) is -0.714. The summed E-state index contributed by atoms with van der Waals surface area (Å²) in [5.41, 5.74) is 0.600. The summed E-state index contributed by atoms with van der Waals surface area (Å²) in [5, 5.41) is 0. The van der Waals surface area contributed by atoms with E-state index in [1.54, 1.807) is 31.2 Å². The molecule has 0 saturated carbocycles. The summed E-state index contributed by atoms with van der Waals surface area (Å²) in [7, 11) is -4.08. The van der Waals surface area contributed by atoms with Gasteiger partial charge in [0.2, 0.25) is 5.88 Å². The molecule has 0 bridgehead atoms. The minimum Gasteiger partial charge on any atom is -0.473 e. The van der Waals surface area contributed by atoms with Gasteiger partial charge in [0.1, 0.15) is 20.8 Å². The second-order valence-electron chi connectivity index (χ2n) is 6.25. The molecule has 3 aromatic rings. The third kappa shape index (κ3) is 6.84. The third-order valence-corrected chi connectivity index (χ3v) is 5.31. The number of anilines is 1. The van der Waals surface area contributed by atoms with Crippen LogP contribution in [0.5, 0.6) is 11.9 Å². The molecule has 3 rings (SSSR count). The van der Waals surface area contributed by atoms with Gasteiger partial charge in [0.15, 0.2) is 5.82 Å². The van der Waals surface area contributed by atoms with Gasteiger partial charge in [-0.3, -0.25) is 4.72 Å². The normalized spacial score (nSPS) is 13.9. The molecule has 2 heterocycles. The Bertz CT molecular complexity index is 1360. The molecule has 170 valence electrons. The molecule has 0 fully saturated rings. The number of benzene rings is 1. The van der Waals surface area contributed by atoms with Gasteiger partial charge in [-0.2, -0.15) is 13.1 Å². The molecule has 2 N–H and O–H groups in total. The maximum Gasteiger partial charge on any atom is 0.316 e. The standard InChI is InChI=1S/C20H23BrN6O4S/c1-3-8-26-32(28,29)27-18-17(15-4-6-16(21)7-5-15)19(25-13-24-18)30-9-10-31-20-22-11-14(2)12-23-20/h4-7,11-13,26H,3,8-10H2,1-2H3,(H,24,25,27)/i9D2,11D,12D,13D. The summed E-state index contributed by atoms with van der Waals surface area (Å²) in [6.45, 7) is 0.0882. The maximum atomic E-state index is 12.5. The van der Waals surface area contributed by atoms with Crippen molar-refractivity contribution in [2.24, 2.45) is 0 Å². The van der Waals surface area contributed by atoms with E-state index in [2.05, 4.69) is 45.3 Å². The Morgan fingerprint density at radius 1 is 1.12 bits per heavy atom. The Hall–Kier alpha value is -2.83. The molecule has 2 aromatic heterocycles. The first kappa shape index (κ1) is 17.7. The first-order chi connectivity index (χ1) is 17.3. The predicted octanol–water partition coefficient (Wildman–Crippen LogP) is 3.12. The highest BCUT2D eigenvalue weighted by Crippen LogP contribution is 2.34. The number of hydrogen-bond donors (Lipinski definition) is 2. The summed E-state index contributed by atoms with van der Waals surface area (Å²) < 4.78 is 81.0. The number of aromatic nitrogens is 4. The van der Waals surface area contributed by atoms with Crippen LogP contribution in [0.15, 0.2) is 47.4 Å². The van der Waals surface area contributed by atoms with Gasteiger partial charge in [0.25, 0.3) is 10.2 Å². The number of nitrogens with zero attached hydrogens (tertiary/aromatic N) is 4. The molecule has 0 amide bonds. The van der Waals surface area contributed by atoms with Crippen LogP contribution in [-0.2, 0) is 10.2 Å². The van der Waals surface area contributed by atoms with Crippen LogP contribution < -0.4 is 18.9 Å². The lowest BCUT2D eigenvalue weighted by Gasteiger charge is -2.15. The SMILES string of the molecule is [2H]c1nc(NS(=O)(=O)NCCC)c(-c2ccc(Br)cc2)c(OC([2H])([2H])COc2nc([2H])c(C)c([2H])n2)n1. The number of halogens is 1. The van der Waals surface area contributed by atoms with Crippen LogP contribution in [0.1, 0.15) is 25.8 Å². The van der Waals surface area contributed by atoms with Crippen molar-refractivity contribution >= 4 is 32.0 Å². The fourth-order valence-electron chi connectivity index (χ4n) is 2.33. The van der Waals surface area contributed by atoms with Gasteiger partial charge in [-0.25, -0.2) is 19.9 Å². The highest BCUT2D eigenvalue weighted by molar-refractivity contribution is 9.10. The molecule has 32 heavy (non-hydrogen) atoms. The number of hydrogen-bond acceptors (Lipinski definition) is 8. The molecule has 0 spiro atoms. The fraction of sp³-hybridized carbons (Fsp3) is 0.300. The molecule has 0 atom stereocenters. The molecule has 0 radical (unpaired) electrons. The van der Waals surface area contributed by atoms with Crippen molar-refractivity contribution in [2.75, 3.05) is 24.4 Å². The van der Waals surface area contributed by atoms with Crippen LogP contribution >= 0.6 is 15.9 Å². The Morgan fingerprint density at radius 2 is 1.84 bits per heavy atom. The van der Waals surface area contributed by atoms with E-state index in [-0.39, 0.29) is 41.8 Å². The van der Waals surface area contributed by atoms with E-state index in [0.29, 0.717) is 12.0 Å². The van der Waals surface area contributed by atoms with Gasteiger partial charge < -0.3 is 9.47 Å². The van der Waals surface area contributed by atoms with E-state index in [0.717, 1.165) is 4.47 Å². The molecule has 12 heteroatoms. The average molecular weight is 528 g/mol.